The van der Waals surface area contributed by atoms with Crippen molar-refractivity contribution < 1.29 is 14.1 Å². The Morgan fingerprint density at radius 1 is 1.53 bits per heavy atom. The molecule has 1 N–H and O–H groups in total. The third-order valence-corrected chi connectivity index (χ3v) is 3.18. The molecule has 2 amide bonds. The minimum atomic E-state index is -0.336. The summed E-state index contributed by atoms with van der Waals surface area (Å²) in [6.45, 7) is 8.11. The second kappa shape index (κ2) is 4.68. The predicted octanol–water partition coefficient (Wildman–Crippen LogP) is 1.57. The fourth-order valence-corrected chi connectivity index (χ4v) is 2.18. The molecule has 1 fully saturated rings. The van der Waals surface area contributed by atoms with Crippen LogP contribution in [0.1, 0.15) is 32.9 Å². The highest BCUT2D eigenvalue weighted by molar-refractivity contribution is 5.96. The number of amides is 2. The number of nitrogens with zero attached hydrogens (tertiary/aromatic N) is 2. The number of likely N-dealkylation sites (tertiary alicyclic amines) is 1. The molecule has 1 saturated heterocycles. The average molecular weight is 265 g/mol. The van der Waals surface area contributed by atoms with Gasteiger partial charge in [0.05, 0.1) is 11.6 Å². The van der Waals surface area contributed by atoms with Crippen LogP contribution in [0.2, 0.25) is 0 Å². The molecule has 104 valence electrons. The molecular formula is C13H19N3O3. The molecule has 0 aliphatic carbocycles. The molecule has 1 aliphatic rings. The Morgan fingerprint density at radius 3 is 2.68 bits per heavy atom. The number of nitrogens with one attached hydrogen (secondary N) is 1. The van der Waals surface area contributed by atoms with Gasteiger partial charge >= 0.3 is 0 Å². The number of aromatic nitrogens is 1. The van der Waals surface area contributed by atoms with Gasteiger partial charge in [0.1, 0.15) is 0 Å². The van der Waals surface area contributed by atoms with Crippen molar-refractivity contribution in [2.24, 2.45) is 5.92 Å². The van der Waals surface area contributed by atoms with Gasteiger partial charge in [-0.05, 0) is 27.7 Å². The lowest BCUT2D eigenvalue weighted by Gasteiger charge is -2.31. The Bertz CT molecular complexity index is 501. The van der Waals surface area contributed by atoms with Crippen LogP contribution in [0.25, 0.3) is 0 Å². The SMILES string of the molecule is Cc1cc(NC(=O)C2CC(=O)N(C(C)(C)C)C2)on1. The maximum Gasteiger partial charge on any atom is 0.232 e. The summed E-state index contributed by atoms with van der Waals surface area (Å²) in [7, 11) is 0. The van der Waals surface area contributed by atoms with Gasteiger partial charge in [-0.15, -0.1) is 0 Å². The Labute approximate surface area is 112 Å². The minimum Gasteiger partial charge on any atom is -0.338 e. The second-order valence-electron chi connectivity index (χ2n) is 5.90. The van der Waals surface area contributed by atoms with Crippen molar-refractivity contribution in [1.29, 1.82) is 0 Å². The average Bonchev–Trinajstić information content (AvgIpc) is 2.84. The number of rotatable bonds is 2. The lowest BCUT2D eigenvalue weighted by molar-refractivity contribution is -0.131. The summed E-state index contributed by atoms with van der Waals surface area (Å²) in [6, 6.07) is 1.65. The van der Waals surface area contributed by atoms with E-state index >= 15 is 0 Å². The zero-order valence-corrected chi connectivity index (χ0v) is 11.7. The fourth-order valence-electron chi connectivity index (χ4n) is 2.18. The Kier molecular flexibility index (Phi) is 3.34. The maximum absolute atomic E-state index is 12.1. The smallest absolute Gasteiger partial charge is 0.232 e. The van der Waals surface area contributed by atoms with Crippen LogP contribution in [0.5, 0.6) is 0 Å². The van der Waals surface area contributed by atoms with Crippen LogP contribution >= 0.6 is 0 Å². The predicted molar refractivity (Wildman–Crippen MR) is 69.4 cm³/mol. The molecular weight excluding hydrogens is 246 g/mol. The summed E-state index contributed by atoms with van der Waals surface area (Å²) in [5.74, 6) is -0.195. The van der Waals surface area contributed by atoms with E-state index in [2.05, 4.69) is 10.5 Å². The van der Waals surface area contributed by atoms with Gasteiger partial charge in [0.2, 0.25) is 17.7 Å². The molecule has 1 aromatic heterocycles. The monoisotopic (exact) mass is 265 g/mol. The highest BCUT2D eigenvalue weighted by atomic mass is 16.5. The molecule has 2 heterocycles. The van der Waals surface area contributed by atoms with Gasteiger partial charge in [0, 0.05) is 24.6 Å². The van der Waals surface area contributed by atoms with Crippen LogP contribution < -0.4 is 5.32 Å². The van der Waals surface area contributed by atoms with Crippen LogP contribution in [0, 0.1) is 12.8 Å². The number of hydrogen-bond acceptors (Lipinski definition) is 4. The summed E-state index contributed by atoms with van der Waals surface area (Å²) in [4.78, 5) is 25.7. The van der Waals surface area contributed by atoms with Gasteiger partial charge < -0.3 is 9.42 Å². The summed E-state index contributed by atoms with van der Waals surface area (Å²) in [6.07, 6.45) is 0.246. The molecule has 1 unspecified atom stereocenters. The van der Waals surface area contributed by atoms with E-state index < -0.39 is 0 Å². The number of aryl methyl sites for hydroxylation is 1. The van der Waals surface area contributed by atoms with Crippen molar-refractivity contribution in [3.63, 3.8) is 0 Å². The lowest BCUT2D eigenvalue weighted by atomic mass is 10.1. The fraction of sp³-hybridized carbons (Fsp3) is 0.615. The quantitative estimate of drug-likeness (QED) is 0.880. The summed E-state index contributed by atoms with van der Waals surface area (Å²) < 4.78 is 4.93. The van der Waals surface area contributed by atoms with E-state index in [1.807, 2.05) is 20.8 Å². The third kappa shape index (κ3) is 2.94. The minimum absolute atomic E-state index is 0.0152. The third-order valence-electron chi connectivity index (χ3n) is 3.18. The number of hydrogen-bond donors (Lipinski definition) is 1. The molecule has 2 rings (SSSR count). The Morgan fingerprint density at radius 2 is 2.21 bits per heavy atom. The summed E-state index contributed by atoms with van der Waals surface area (Å²) in [5, 5.41) is 6.35. The molecule has 0 radical (unpaired) electrons. The highest BCUT2D eigenvalue weighted by Crippen LogP contribution is 2.26. The molecule has 1 atom stereocenters. The van der Waals surface area contributed by atoms with Gasteiger partial charge in [-0.2, -0.15) is 0 Å². The Balaban J connectivity index is 2.00. The van der Waals surface area contributed by atoms with E-state index in [1.165, 1.54) is 0 Å². The maximum atomic E-state index is 12.1. The van der Waals surface area contributed by atoms with Gasteiger partial charge in [-0.1, -0.05) is 5.16 Å². The molecule has 6 nitrogen and oxygen atoms in total. The van der Waals surface area contributed by atoms with E-state index in [-0.39, 0.29) is 29.7 Å². The molecule has 1 aliphatic heterocycles. The topological polar surface area (TPSA) is 75.4 Å². The van der Waals surface area contributed by atoms with Gasteiger partial charge in [-0.25, -0.2) is 0 Å². The normalized spacial score (nSPS) is 19.9. The standard InChI is InChI=1S/C13H19N3O3/c1-8-5-10(19-15-8)14-12(18)9-6-11(17)16(7-9)13(2,3)4/h5,9H,6-7H2,1-4H3,(H,14,18). The summed E-state index contributed by atoms with van der Waals surface area (Å²) >= 11 is 0. The molecule has 6 heteroatoms. The Hall–Kier alpha value is -1.85. The van der Waals surface area contributed by atoms with Crippen molar-refractivity contribution in [2.45, 2.75) is 39.7 Å². The van der Waals surface area contributed by atoms with Crippen molar-refractivity contribution in [3.8, 4) is 0 Å². The highest BCUT2D eigenvalue weighted by Gasteiger charge is 2.39. The first kappa shape index (κ1) is 13.6. The van der Waals surface area contributed by atoms with Crippen LogP contribution in [-0.2, 0) is 9.59 Å². The van der Waals surface area contributed by atoms with Gasteiger partial charge in [0.25, 0.3) is 0 Å². The number of anilines is 1. The molecule has 19 heavy (non-hydrogen) atoms. The van der Waals surface area contributed by atoms with Crippen molar-refractivity contribution >= 4 is 17.7 Å². The number of carbonyl (C=O) groups is 2. The molecule has 0 spiro atoms. The van der Waals surface area contributed by atoms with Crippen LogP contribution in [0.15, 0.2) is 10.6 Å². The van der Waals surface area contributed by atoms with Gasteiger partial charge in [0.15, 0.2) is 0 Å². The molecule has 0 aromatic carbocycles. The molecule has 0 saturated carbocycles. The van der Waals surface area contributed by atoms with E-state index in [9.17, 15) is 9.59 Å². The van der Waals surface area contributed by atoms with E-state index in [0.29, 0.717) is 18.1 Å². The number of carbonyl (C=O) groups excluding carboxylic acids is 2. The van der Waals surface area contributed by atoms with Gasteiger partial charge in [-0.3, -0.25) is 14.9 Å². The second-order valence-corrected chi connectivity index (χ2v) is 5.90. The van der Waals surface area contributed by atoms with Crippen LogP contribution in [-0.4, -0.2) is 34.0 Å². The first-order chi connectivity index (χ1) is 8.77. The molecule has 0 bridgehead atoms. The van der Waals surface area contributed by atoms with Crippen LogP contribution in [0.4, 0.5) is 5.88 Å². The first-order valence-corrected chi connectivity index (χ1v) is 6.32. The van der Waals surface area contributed by atoms with E-state index in [1.54, 1.807) is 17.9 Å². The zero-order valence-electron chi connectivity index (χ0n) is 11.7. The zero-order chi connectivity index (χ0) is 14.2. The van der Waals surface area contributed by atoms with Crippen molar-refractivity contribution in [2.75, 3.05) is 11.9 Å². The van der Waals surface area contributed by atoms with E-state index in [4.69, 9.17) is 4.52 Å². The summed E-state index contributed by atoms with van der Waals surface area (Å²) in [5.41, 5.74) is 0.448. The largest absolute Gasteiger partial charge is 0.338 e. The van der Waals surface area contributed by atoms with Crippen molar-refractivity contribution in [3.05, 3.63) is 11.8 Å². The van der Waals surface area contributed by atoms with Crippen LogP contribution in [0.3, 0.4) is 0 Å². The molecule has 1 aromatic rings. The lowest BCUT2D eigenvalue weighted by Crippen LogP contribution is -2.42. The first-order valence-electron chi connectivity index (χ1n) is 6.32. The van der Waals surface area contributed by atoms with E-state index in [0.717, 1.165) is 0 Å². The van der Waals surface area contributed by atoms with Crippen molar-refractivity contribution in [1.82, 2.24) is 10.1 Å².